The molecule has 1 aromatic carbocycles. The van der Waals surface area contributed by atoms with Crippen LogP contribution in [0.5, 0.6) is 5.75 Å². The number of carbonyl (C=O) groups excluding carboxylic acids is 3. The van der Waals surface area contributed by atoms with Gasteiger partial charge in [-0.2, -0.15) is 0 Å². The molecule has 0 spiro atoms. The zero-order chi connectivity index (χ0) is 20.7. The van der Waals surface area contributed by atoms with Crippen molar-refractivity contribution in [2.24, 2.45) is 5.92 Å². The summed E-state index contributed by atoms with van der Waals surface area (Å²) in [6, 6.07) is 7.06. The van der Waals surface area contributed by atoms with Gasteiger partial charge in [0.1, 0.15) is 11.7 Å². The molecule has 0 saturated heterocycles. The molecule has 0 fully saturated rings. The third-order valence-corrected chi connectivity index (χ3v) is 4.86. The highest BCUT2D eigenvalue weighted by Crippen LogP contribution is 2.26. The number of allylic oxidation sites excluding steroid dienone is 1. The van der Waals surface area contributed by atoms with E-state index in [1.54, 1.807) is 18.1 Å². The maximum Gasteiger partial charge on any atom is 0.319 e. The van der Waals surface area contributed by atoms with Crippen LogP contribution in [0.25, 0.3) is 0 Å². The topological polar surface area (TPSA) is 72.9 Å². The Morgan fingerprint density at radius 1 is 1.29 bits per heavy atom. The number of ether oxygens (including phenoxy) is 2. The molecule has 6 heteroatoms. The van der Waals surface area contributed by atoms with Gasteiger partial charge in [-0.3, -0.25) is 14.4 Å². The summed E-state index contributed by atoms with van der Waals surface area (Å²) < 4.78 is 9.95. The summed E-state index contributed by atoms with van der Waals surface area (Å²) in [6.45, 7) is 2.11. The molecule has 0 bridgehead atoms. The number of terminal acetylenes is 1. The van der Waals surface area contributed by atoms with Crippen LogP contribution in [0.4, 0.5) is 0 Å². The molecule has 28 heavy (non-hydrogen) atoms. The van der Waals surface area contributed by atoms with Crippen molar-refractivity contribution in [3.63, 3.8) is 0 Å². The molecule has 1 amide bonds. The lowest BCUT2D eigenvalue weighted by Gasteiger charge is -2.36. The van der Waals surface area contributed by atoms with Crippen molar-refractivity contribution in [1.29, 1.82) is 0 Å². The minimum Gasteiger partial charge on any atom is -0.497 e. The molecule has 1 aliphatic carbocycles. The molecule has 6 nitrogen and oxygen atoms in total. The first-order valence-electron chi connectivity index (χ1n) is 9.07. The Labute approximate surface area is 165 Å². The number of methoxy groups -OCH3 is 2. The van der Waals surface area contributed by atoms with E-state index in [4.69, 9.17) is 15.9 Å². The Kier molecular flexibility index (Phi) is 7.39. The fourth-order valence-corrected chi connectivity index (χ4v) is 3.33. The van der Waals surface area contributed by atoms with Crippen LogP contribution in [0.2, 0.25) is 0 Å². The highest BCUT2D eigenvalue weighted by atomic mass is 16.5. The van der Waals surface area contributed by atoms with Gasteiger partial charge in [0.05, 0.1) is 20.3 Å². The molecular weight excluding hydrogens is 358 g/mol. The van der Waals surface area contributed by atoms with Crippen LogP contribution in [0.3, 0.4) is 0 Å². The summed E-state index contributed by atoms with van der Waals surface area (Å²) in [5.41, 5.74) is 1.67. The quantitative estimate of drug-likeness (QED) is 0.411. The van der Waals surface area contributed by atoms with Crippen LogP contribution >= 0.6 is 0 Å². The summed E-state index contributed by atoms with van der Waals surface area (Å²) in [6.07, 6.45) is 7.75. The largest absolute Gasteiger partial charge is 0.497 e. The first kappa shape index (κ1) is 21.2. The number of rotatable bonds is 7. The van der Waals surface area contributed by atoms with E-state index in [1.165, 1.54) is 7.11 Å². The van der Waals surface area contributed by atoms with Crippen LogP contribution in [0.1, 0.15) is 31.7 Å². The fourth-order valence-electron chi connectivity index (χ4n) is 3.33. The molecular formula is C22H25NO5. The van der Waals surface area contributed by atoms with Crippen molar-refractivity contribution in [1.82, 2.24) is 4.90 Å². The van der Waals surface area contributed by atoms with Crippen molar-refractivity contribution in [3.8, 4) is 18.1 Å². The molecule has 0 radical (unpaired) electrons. The predicted molar refractivity (Wildman–Crippen MR) is 104 cm³/mol. The molecule has 0 aliphatic heterocycles. The zero-order valence-corrected chi connectivity index (χ0v) is 16.4. The van der Waals surface area contributed by atoms with Gasteiger partial charge in [-0.05, 0) is 42.7 Å². The smallest absolute Gasteiger partial charge is 0.319 e. The first-order valence-corrected chi connectivity index (χ1v) is 9.07. The summed E-state index contributed by atoms with van der Waals surface area (Å²) in [5.74, 6) is 1.01. The van der Waals surface area contributed by atoms with Crippen LogP contribution in [0, 0.1) is 18.3 Å². The van der Waals surface area contributed by atoms with Gasteiger partial charge >= 0.3 is 5.97 Å². The maximum atomic E-state index is 13.3. The van der Waals surface area contributed by atoms with Gasteiger partial charge in [0.25, 0.3) is 0 Å². The number of hydrogen-bond acceptors (Lipinski definition) is 5. The van der Waals surface area contributed by atoms with Gasteiger partial charge in [-0.15, -0.1) is 12.3 Å². The minimum atomic E-state index is -1.07. The van der Waals surface area contributed by atoms with E-state index in [2.05, 4.69) is 5.92 Å². The third kappa shape index (κ3) is 5.01. The van der Waals surface area contributed by atoms with Gasteiger partial charge in [0.2, 0.25) is 5.91 Å². The molecule has 1 aromatic rings. The summed E-state index contributed by atoms with van der Waals surface area (Å²) in [4.78, 5) is 38.8. The monoisotopic (exact) mass is 383 g/mol. The minimum absolute atomic E-state index is 0.0405. The normalized spacial score (nSPS) is 17.1. The second kappa shape index (κ2) is 9.75. The van der Waals surface area contributed by atoms with E-state index in [1.807, 2.05) is 31.2 Å². The summed E-state index contributed by atoms with van der Waals surface area (Å²) in [5, 5.41) is 0. The highest BCUT2D eigenvalue weighted by molar-refractivity contribution is 5.98. The second-order valence-corrected chi connectivity index (χ2v) is 6.71. The third-order valence-electron chi connectivity index (χ3n) is 4.86. The van der Waals surface area contributed by atoms with Gasteiger partial charge < -0.3 is 14.4 Å². The number of ketones is 1. The van der Waals surface area contributed by atoms with Crippen LogP contribution in [-0.4, -0.2) is 42.8 Å². The zero-order valence-electron chi connectivity index (χ0n) is 16.4. The molecule has 0 aromatic heterocycles. The molecule has 148 valence electrons. The SMILES string of the molecule is C#CCC(C(=O)OC)C(=O)N(Cc1ccc(OC)cc1)C1CCC(=O)C=C1C. The van der Waals surface area contributed by atoms with Crippen molar-refractivity contribution in [2.45, 2.75) is 38.8 Å². The predicted octanol–water partition coefficient (Wildman–Crippen LogP) is 2.51. The Balaban J connectivity index is 2.38. The lowest BCUT2D eigenvalue weighted by atomic mass is 9.91. The van der Waals surface area contributed by atoms with Crippen molar-refractivity contribution < 1.29 is 23.9 Å². The van der Waals surface area contributed by atoms with E-state index in [9.17, 15) is 14.4 Å². The molecule has 2 unspecified atom stereocenters. The number of benzene rings is 1. The average Bonchev–Trinajstić information content (AvgIpc) is 2.70. The van der Waals surface area contributed by atoms with E-state index in [0.29, 0.717) is 18.6 Å². The fraction of sp³-hybridized carbons (Fsp3) is 0.409. The van der Waals surface area contributed by atoms with Crippen molar-refractivity contribution >= 4 is 17.7 Å². The second-order valence-electron chi connectivity index (χ2n) is 6.71. The Bertz CT molecular complexity index is 803. The van der Waals surface area contributed by atoms with Crippen LogP contribution in [0.15, 0.2) is 35.9 Å². The highest BCUT2D eigenvalue weighted by Gasteiger charge is 2.36. The molecule has 2 atom stereocenters. The molecule has 1 aliphatic rings. The standard InChI is InChI=1S/C22H25NO5/c1-5-6-19(22(26)28-4)21(25)23(20-12-9-17(24)13-15(20)2)14-16-7-10-18(27-3)11-8-16/h1,7-8,10-11,13,19-20H,6,9,12,14H2,2-4H3. The summed E-state index contributed by atoms with van der Waals surface area (Å²) in [7, 11) is 2.82. The Hall–Kier alpha value is -3.07. The van der Waals surface area contributed by atoms with Gasteiger partial charge in [0, 0.05) is 19.4 Å². The van der Waals surface area contributed by atoms with Crippen molar-refractivity contribution in [2.75, 3.05) is 14.2 Å². The average molecular weight is 383 g/mol. The van der Waals surface area contributed by atoms with Crippen LogP contribution < -0.4 is 4.74 Å². The number of hydrogen-bond donors (Lipinski definition) is 0. The van der Waals surface area contributed by atoms with E-state index >= 15 is 0 Å². The van der Waals surface area contributed by atoms with Gasteiger partial charge in [-0.25, -0.2) is 0 Å². The maximum absolute atomic E-state index is 13.3. The van der Waals surface area contributed by atoms with Crippen molar-refractivity contribution in [3.05, 3.63) is 41.5 Å². The first-order chi connectivity index (χ1) is 13.4. The van der Waals surface area contributed by atoms with Gasteiger partial charge in [-0.1, -0.05) is 12.1 Å². The lowest BCUT2D eigenvalue weighted by Crippen LogP contribution is -2.47. The number of nitrogens with zero attached hydrogens (tertiary/aromatic N) is 1. The molecule has 0 heterocycles. The Morgan fingerprint density at radius 3 is 2.50 bits per heavy atom. The van der Waals surface area contributed by atoms with E-state index in [0.717, 1.165) is 11.1 Å². The molecule has 0 N–H and O–H groups in total. The summed E-state index contributed by atoms with van der Waals surface area (Å²) >= 11 is 0. The Morgan fingerprint density at radius 2 is 1.96 bits per heavy atom. The number of carbonyl (C=O) groups is 3. The van der Waals surface area contributed by atoms with E-state index < -0.39 is 17.8 Å². The lowest BCUT2D eigenvalue weighted by molar-refractivity contribution is -0.154. The molecule has 0 saturated carbocycles. The number of amides is 1. The van der Waals surface area contributed by atoms with Crippen LogP contribution in [-0.2, 0) is 25.7 Å². The molecule has 2 rings (SSSR count). The van der Waals surface area contributed by atoms with E-state index in [-0.39, 0.29) is 24.8 Å². The van der Waals surface area contributed by atoms with Gasteiger partial charge in [0.15, 0.2) is 5.78 Å². The number of esters is 1.